The first-order valence-corrected chi connectivity index (χ1v) is 12.2. The summed E-state index contributed by atoms with van der Waals surface area (Å²) in [7, 11) is 1.54. The molecule has 0 unspecified atom stereocenters. The highest BCUT2D eigenvalue weighted by molar-refractivity contribution is 6.32. The van der Waals surface area contributed by atoms with Crippen LogP contribution in [0.15, 0.2) is 59.1 Å². The van der Waals surface area contributed by atoms with Crippen molar-refractivity contribution in [1.29, 1.82) is 0 Å². The van der Waals surface area contributed by atoms with Crippen molar-refractivity contribution in [2.45, 2.75) is 51.0 Å². The molecule has 1 heterocycles. The maximum Gasteiger partial charge on any atom is 0.180 e. The number of carbonyl (C=O) groups is 2. The van der Waals surface area contributed by atoms with Gasteiger partial charge in [0.05, 0.1) is 12.1 Å². The maximum atomic E-state index is 13.0. The second kappa shape index (κ2) is 9.47. The van der Waals surface area contributed by atoms with Gasteiger partial charge in [-0.1, -0.05) is 35.3 Å². The van der Waals surface area contributed by atoms with Gasteiger partial charge in [0, 0.05) is 47.8 Å². The molecule has 7 heteroatoms. The standard InChI is InChI=1S/C27H24Cl2O5/c1-32-23-13-16(12-18(29)27(23)33-14-15-5-2-6-17(28)11-15)24-25-19(30)7-3-9-21(25)34-22-10-4-8-20(31)26(22)24/h2,5-6,11-13,24H,3-4,7-10,14H2,1H3. The Labute approximate surface area is 208 Å². The van der Waals surface area contributed by atoms with E-state index in [9.17, 15) is 9.59 Å². The predicted octanol–water partition coefficient (Wildman–Crippen LogP) is 6.71. The van der Waals surface area contributed by atoms with Gasteiger partial charge in [0.1, 0.15) is 18.1 Å². The Hall–Kier alpha value is -2.76. The molecule has 0 atom stereocenters. The quantitative estimate of drug-likeness (QED) is 0.458. The van der Waals surface area contributed by atoms with Gasteiger partial charge in [-0.05, 0) is 48.2 Å². The van der Waals surface area contributed by atoms with Crippen LogP contribution in [-0.2, 0) is 20.9 Å². The van der Waals surface area contributed by atoms with Crippen LogP contribution in [0.3, 0.4) is 0 Å². The van der Waals surface area contributed by atoms with E-state index in [4.69, 9.17) is 37.4 Å². The molecule has 0 amide bonds. The molecule has 0 spiro atoms. The van der Waals surface area contributed by atoms with Crippen LogP contribution in [0.4, 0.5) is 0 Å². The zero-order chi connectivity index (χ0) is 23.8. The molecule has 5 nitrogen and oxygen atoms in total. The molecule has 0 saturated carbocycles. The summed E-state index contributed by atoms with van der Waals surface area (Å²) >= 11 is 12.8. The third kappa shape index (κ3) is 4.23. The van der Waals surface area contributed by atoms with Crippen LogP contribution in [0.5, 0.6) is 11.5 Å². The van der Waals surface area contributed by atoms with E-state index in [1.54, 1.807) is 19.2 Å². The number of hydrogen-bond acceptors (Lipinski definition) is 5. The van der Waals surface area contributed by atoms with Gasteiger partial charge in [0.25, 0.3) is 0 Å². The lowest BCUT2D eigenvalue weighted by molar-refractivity contribution is -0.117. The van der Waals surface area contributed by atoms with Gasteiger partial charge in [-0.3, -0.25) is 9.59 Å². The minimum absolute atomic E-state index is 0.0209. The highest BCUT2D eigenvalue weighted by Gasteiger charge is 2.42. The highest BCUT2D eigenvalue weighted by Crippen LogP contribution is 2.50. The first-order valence-electron chi connectivity index (χ1n) is 11.4. The van der Waals surface area contributed by atoms with Crippen molar-refractivity contribution in [2.24, 2.45) is 0 Å². The number of benzene rings is 2. The second-order valence-corrected chi connectivity index (χ2v) is 9.56. The Kier molecular flexibility index (Phi) is 6.41. The van der Waals surface area contributed by atoms with Crippen LogP contribution < -0.4 is 9.47 Å². The molecule has 0 bridgehead atoms. The van der Waals surface area contributed by atoms with Crippen molar-refractivity contribution in [3.63, 3.8) is 0 Å². The average molecular weight is 499 g/mol. The number of hydrogen-bond donors (Lipinski definition) is 0. The molecule has 0 N–H and O–H groups in total. The van der Waals surface area contributed by atoms with Crippen molar-refractivity contribution < 1.29 is 23.8 Å². The molecule has 176 valence electrons. The topological polar surface area (TPSA) is 61.8 Å². The van der Waals surface area contributed by atoms with Crippen LogP contribution in [0.2, 0.25) is 10.0 Å². The average Bonchev–Trinajstić information content (AvgIpc) is 2.82. The lowest BCUT2D eigenvalue weighted by Crippen LogP contribution is -2.30. The fraction of sp³-hybridized carbons (Fsp3) is 0.333. The number of rotatable bonds is 5. The molecular formula is C27H24Cl2O5. The van der Waals surface area contributed by atoms with Crippen molar-refractivity contribution in [3.8, 4) is 11.5 Å². The Morgan fingerprint density at radius 1 is 0.941 bits per heavy atom. The molecular weight excluding hydrogens is 475 g/mol. The number of methoxy groups -OCH3 is 1. The minimum atomic E-state index is -0.507. The molecule has 0 aromatic heterocycles. The van der Waals surface area contributed by atoms with Crippen LogP contribution in [0.25, 0.3) is 0 Å². The van der Waals surface area contributed by atoms with Gasteiger partial charge < -0.3 is 14.2 Å². The van der Waals surface area contributed by atoms with E-state index in [2.05, 4.69) is 0 Å². The van der Waals surface area contributed by atoms with Crippen molar-refractivity contribution in [2.75, 3.05) is 7.11 Å². The van der Waals surface area contributed by atoms with Crippen LogP contribution in [-0.4, -0.2) is 18.7 Å². The lowest BCUT2D eigenvalue weighted by Gasteiger charge is -2.36. The molecule has 3 aliphatic rings. The van der Waals surface area contributed by atoms with Crippen LogP contribution in [0, 0.1) is 0 Å². The zero-order valence-electron chi connectivity index (χ0n) is 18.8. The summed E-state index contributed by atoms with van der Waals surface area (Å²) in [4.78, 5) is 26.0. The molecule has 2 aromatic rings. The summed E-state index contributed by atoms with van der Waals surface area (Å²) < 4.78 is 17.7. The van der Waals surface area contributed by atoms with Gasteiger partial charge in [0.2, 0.25) is 0 Å². The molecule has 0 radical (unpaired) electrons. The Bertz CT molecular complexity index is 1200. The number of halogens is 2. The monoisotopic (exact) mass is 498 g/mol. The van der Waals surface area contributed by atoms with E-state index >= 15 is 0 Å². The van der Waals surface area contributed by atoms with E-state index in [-0.39, 0.29) is 18.2 Å². The highest BCUT2D eigenvalue weighted by atomic mass is 35.5. The SMILES string of the molecule is COc1cc(C2C3=C(CCCC3=O)OC3=C2C(=O)CCC3)cc(Cl)c1OCc1cccc(Cl)c1. The number of ketones is 2. The fourth-order valence-electron chi connectivity index (χ4n) is 4.98. The molecule has 34 heavy (non-hydrogen) atoms. The predicted molar refractivity (Wildman–Crippen MR) is 129 cm³/mol. The van der Waals surface area contributed by atoms with Gasteiger partial charge in [0.15, 0.2) is 23.1 Å². The zero-order valence-corrected chi connectivity index (χ0v) is 20.3. The number of Topliss-reactive ketones (excluding diaryl/α,β-unsaturated/α-hetero) is 2. The normalized spacial score (nSPS) is 18.4. The molecule has 0 saturated heterocycles. The van der Waals surface area contributed by atoms with Gasteiger partial charge in [-0.2, -0.15) is 0 Å². The second-order valence-electron chi connectivity index (χ2n) is 8.71. The Morgan fingerprint density at radius 2 is 1.62 bits per heavy atom. The van der Waals surface area contributed by atoms with Crippen molar-refractivity contribution in [1.82, 2.24) is 0 Å². The molecule has 2 aromatic carbocycles. The van der Waals surface area contributed by atoms with E-state index in [0.717, 1.165) is 24.0 Å². The smallest absolute Gasteiger partial charge is 0.180 e. The maximum absolute atomic E-state index is 13.0. The van der Waals surface area contributed by atoms with E-state index in [1.807, 2.05) is 24.3 Å². The first-order chi connectivity index (χ1) is 16.5. The molecule has 0 fully saturated rings. The summed E-state index contributed by atoms with van der Waals surface area (Å²) in [5.74, 6) is 1.74. The third-order valence-corrected chi connectivity index (χ3v) is 7.01. The van der Waals surface area contributed by atoms with E-state index in [1.165, 1.54) is 0 Å². The Balaban J connectivity index is 1.56. The van der Waals surface area contributed by atoms with Gasteiger partial charge in [-0.25, -0.2) is 0 Å². The number of ether oxygens (including phenoxy) is 3. The van der Waals surface area contributed by atoms with Crippen LogP contribution in [0.1, 0.15) is 55.6 Å². The summed E-state index contributed by atoms with van der Waals surface area (Å²) in [6.07, 6.45) is 3.77. The van der Waals surface area contributed by atoms with Crippen molar-refractivity contribution >= 4 is 34.8 Å². The molecule has 2 aliphatic carbocycles. The molecule has 1 aliphatic heterocycles. The van der Waals surface area contributed by atoms with E-state index < -0.39 is 5.92 Å². The fourth-order valence-corrected chi connectivity index (χ4v) is 5.47. The van der Waals surface area contributed by atoms with Gasteiger partial charge >= 0.3 is 0 Å². The lowest BCUT2D eigenvalue weighted by atomic mass is 9.73. The largest absolute Gasteiger partial charge is 0.493 e. The number of allylic oxidation sites excluding steroid dienone is 4. The number of carbonyl (C=O) groups excluding carboxylic acids is 2. The summed E-state index contributed by atoms with van der Waals surface area (Å²) in [5, 5.41) is 0.968. The van der Waals surface area contributed by atoms with E-state index in [0.29, 0.717) is 69.9 Å². The summed E-state index contributed by atoms with van der Waals surface area (Å²) in [5.41, 5.74) is 2.77. The van der Waals surface area contributed by atoms with Gasteiger partial charge in [-0.15, -0.1) is 0 Å². The Morgan fingerprint density at radius 3 is 2.24 bits per heavy atom. The summed E-state index contributed by atoms with van der Waals surface area (Å²) in [6.45, 7) is 0.259. The first kappa shape index (κ1) is 23.0. The summed E-state index contributed by atoms with van der Waals surface area (Å²) in [6, 6.07) is 11.0. The van der Waals surface area contributed by atoms with Crippen molar-refractivity contribution in [3.05, 3.63) is 80.2 Å². The molecule has 5 rings (SSSR count). The van der Waals surface area contributed by atoms with Crippen LogP contribution >= 0.6 is 23.2 Å². The third-order valence-electron chi connectivity index (χ3n) is 6.50. The minimum Gasteiger partial charge on any atom is -0.493 e.